The zero-order valence-corrected chi connectivity index (χ0v) is 9.97. The smallest absolute Gasteiger partial charge is 0.228 e. The van der Waals surface area contributed by atoms with Crippen molar-refractivity contribution in [1.29, 1.82) is 5.26 Å². The normalized spacial score (nSPS) is 20.5. The minimum atomic E-state index is -0.0165. The van der Waals surface area contributed by atoms with E-state index in [0.717, 1.165) is 0 Å². The Morgan fingerprint density at radius 2 is 2.47 bits per heavy atom. The van der Waals surface area contributed by atoms with E-state index in [1.807, 2.05) is 12.1 Å². The molecule has 1 unspecified atom stereocenters. The molecule has 2 rings (SSSR count). The first kappa shape index (κ1) is 11.7. The van der Waals surface area contributed by atoms with Gasteiger partial charge in [-0.05, 0) is 12.1 Å². The molecule has 0 N–H and O–H groups in total. The van der Waals surface area contributed by atoms with Gasteiger partial charge in [-0.25, -0.2) is 0 Å². The quantitative estimate of drug-likeness (QED) is 0.634. The van der Waals surface area contributed by atoms with Crippen molar-refractivity contribution < 1.29 is 4.79 Å². The summed E-state index contributed by atoms with van der Waals surface area (Å²) in [6, 6.07) is 7.36. The van der Waals surface area contributed by atoms with E-state index in [9.17, 15) is 4.79 Å². The van der Waals surface area contributed by atoms with Gasteiger partial charge in [-0.15, -0.1) is 0 Å². The molecule has 17 heavy (non-hydrogen) atoms. The number of amides is 1. The second kappa shape index (κ2) is 5.02. The number of hydrogen-bond donors (Lipinski definition) is 1. The molecule has 86 valence electrons. The average molecular weight is 245 g/mol. The van der Waals surface area contributed by atoms with Gasteiger partial charge >= 0.3 is 0 Å². The minimum absolute atomic E-state index is 0.0165. The SMILES string of the molecule is N#CC=C(c1ccccn1)N1CC(S)CC1=O. The molecule has 0 radical (unpaired) electrons. The second-order valence-electron chi connectivity index (χ2n) is 3.74. The summed E-state index contributed by atoms with van der Waals surface area (Å²) in [7, 11) is 0. The highest BCUT2D eigenvalue weighted by Crippen LogP contribution is 2.25. The number of hydrogen-bond acceptors (Lipinski definition) is 4. The van der Waals surface area contributed by atoms with Gasteiger partial charge in [0.25, 0.3) is 0 Å². The Bertz CT molecular complexity index is 492. The molecule has 1 aliphatic heterocycles. The Balaban J connectivity index is 2.35. The topological polar surface area (TPSA) is 57.0 Å². The van der Waals surface area contributed by atoms with E-state index in [2.05, 4.69) is 17.6 Å². The van der Waals surface area contributed by atoms with Gasteiger partial charge < -0.3 is 4.90 Å². The second-order valence-corrected chi connectivity index (χ2v) is 4.47. The van der Waals surface area contributed by atoms with Crippen molar-refractivity contribution in [3.8, 4) is 6.07 Å². The highest BCUT2D eigenvalue weighted by Gasteiger charge is 2.30. The fourth-order valence-corrected chi connectivity index (χ4v) is 2.11. The molecule has 1 saturated heterocycles. The van der Waals surface area contributed by atoms with Gasteiger partial charge in [-0.2, -0.15) is 17.9 Å². The lowest BCUT2D eigenvalue weighted by Gasteiger charge is -2.18. The maximum Gasteiger partial charge on any atom is 0.228 e. The molecule has 1 fully saturated rings. The number of carbonyl (C=O) groups excluding carboxylic acids is 1. The van der Waals surface area contributed by atoms with Crippen LogP contribution in [0.25, 0.3) is 5.70 Å². The van der Waals surface area contributed by atoms with Crippen molar-refractivity contribution in [3.05, 3.63) is 36.2 Å². The lowest BCUT2D eigenvalue weighted by atomic mass is 10.2. The molecule has 4 nitrogen and oxygen atoms in total. The molecular formula is C12H11N3OS. The Hall–Kier alpha value is -1.80. The van der Waals surface area contributed by atoms with E-state index >= 15 is 0 Å². The van der Waals surface area contributed by atoms with E-state index in [4.69, 9.17) is 5.26 Å². The van der Waals surface area contributed by atoms with E-state index < -0.39 is 0 Å². The first-order chi connectivity index (χ1) is 8.22. The van der Waals surface area contributed by atoms with Crippen LogP contribution < -0.4 is 0 Å². The molecule has 1 amide bonds. The standard InChI is InChI=1S/C12H11N3OS/c13-5-4-11(10-3-1-2-6-14-10)15-8-9(17)7-12(15)16/h1-4,6,9,17H,7-8H2. The first-order valence-electron chi connectivity index (χ1n) is 5.22. The number of pyridine rings is 1. The summed E-state index contributed by atoms with van der Waals surface area (Å²) in [4.78, 5) is 17.5. The van der Waals surface area contributed by atoms with Crippen LogP contribution in [0.3, 0.4) is 0 Å². The zero-order valence-electron chi connectivity index (χ0n) is 9.08. The molecule has 2 heterocycles. The number of rotatable bonds is 2. The number of allylic oxidation sites excluding steroid dienone is 1. The molecule has 0 aliphatic carbocycles. The van der Waals surface area contributed by atoms with Gasteiger partial charge in [0.15, 0.2) is 0 Å². The lowest BCUT2D eigenvalue weighted by Crippen LogP contribution is -2.24. The van der Waals surface area contributed by atoms with Gasteiger partial charge in [-0.1, -0.05) is 6.07 Å². The van der Waals surface area contributed by atoms with Crippen molar-refractivity contribution in [3.63, 3.8) is 0 Å². The van der Waals surface area contributed by atoms with Crippen LogP contribution in [0.15, 0.2) is 30.5 Å². The van der Waals surface area contributed by atoms with Crippen LogP contribution in [0.1, 0.15) is 12.1 Å². The van der Waals surface area contributed by atoms with Crippen LogP contribution in [0.5, 0.6) is 0 Å². The van der Waals surface area contributed by atoms with Crippen molar-refractivity contribution >= 4 is 24.2 Å². The van der Waals surface area contributed by atoms with Gasteiger partial charge in [0.1, 0.15) is 0 Å². The largest absolute Gasteiger partial charge is 0.309 e. The maximum absolute atomic E-state index is 11.8. The van der Waals surface area contributed by atoms with Crippen molar-refractivity contribution in [2.45, 2.75) is 11.7 Å². The predicted molar refractivity (Wildman–Crippen MR) is 66.9 cm³/mol. The van der Waals surface area contributed by atoms with E-state index in [0.29, 0.717) is 24.4 Å². The van der Waals surface area contributed by atoms with Gasteiger partial charge in [0, 0.05) is 30.5 Å². The van der Waals surface area contributed by atoms with Crippen LogP contribution in [-0.4, -0.2) is 27.6 Å². The summed E-state index contributed by atoms with van der Waals surface area (Å²) < 4.78 is 0. The van der Waals surface area contributed by atoms with Gasteiger partial charge in [-0.3, -0.25) is 9.78 Å². The molecule has 0 aromatic carbocycles. The number of nitriles is 1. The highest BCUT2D eigenvalue weighted by molar-refractivity contribution is 7.81. The third kappa shape index (κ3) is 2.48. The summed E-state index contributed by atoms with van der Waals surface area (Å²) in [6.45, 7) is 0.520. The molecule has 1 atom stereocenters. The number of carbonyl (C=O) groups is 1. The summed E-state index contributed by atoms with van der Waals surface area (Å²) in [6.07, 6.45) is 3.39. The maximum atomic E-state index is 11.8. The van der Waals surface area contributed by atoms with Crippen molar-refractivity contribution in [1.82, 2.24) is 9.88 Å². The predicted octanol–water partition coefficient (Wildman–Crippen LogP) is 1.48. The Morgan fingerprint density at radius 3 is 3.00 bits per heavy atom. The highest BCUT2D eigenvalue weighted by atomic mass is 32.1. The molecule has 1 aromatic rings. The van der Waals surface area contributed by atoms with Crippen molar-refractivity contribution in [2.75, 3.05) is 6.54 Å². The summed E-state index contributed by atoms with van der Waals surface area (Å²) in [5, 5.41) is 8.82. The number of nitrogens with zero attached hydrogens (tertiary/aromatic N) is 3. The summed E-state index contributed by atoms with van der Waals surface area (Å²) >= 11 is 4.29. The van der Waals surface area contributed by atoms with Gasteiger partial charge in [0.05, 0.1) is 17.5 Å². The van der Waals surface area contributed by atoms with E-state index in [-0.39, 0.29) is 11.2 Å². The van der Waals surface area contributed by atoms with Gasteiger partial charge in [0.2, 0.25) is 5.91 Å². The van der Waals surface area contributed by atoms with Crippen LogP contribution in [-0.2, 0) is 4.79 Å². The lowest BCUT2D eigenvalue weighted by molar-refractivity contribution is -0.124. The third-order valence-electron chi connectivity index (χ3n) is 2.52. The van der Waals surface area contributed by atoms with Crippen molar-refractivity contribution in [2.24, 2.45) is 0 Å². The minimum Gasteiger partial charge on any atom is -0.309 e. The summed E-state index contributed by atoms with van der Waals surface area (Å²) in [5.41, 5.74) is 1.18. The molecular weight excluding hydrogens is 234 g/mol. The number of likely N-dealkylation sites (tertiary alicyclic amines) is 1. The van der Waals surface area contributed by atoms with Crippen LogP contribution in [0.4, 0.5) is 0 Å². The Labute approximate surface area is 105 Å². The molecule has 1 aromatic heterocycles. The fraction of sp³-hybridized carbons (Fsp3) is 0.250. The van der Waals surface area contributed by atoms with Crippen LogP contribution in [0, 0.1) is 11.3 Å². The monoisotopic (exact) mass is 245 g/mol. The average Bonchev–Trinajstić information content (AvgIpc) is 2.66. The molecule has 0 saturated carbocycles. The summed E-state index contributed by atoms with van der Waals surface area (Å²) in [5.74, 6) is -0.0165. The Kier molecular flexibility index (Phi) is 3.45. The third-order valence-corrected chi connectivity index (χ3v) is 2.87. The Morgan fingerprint density at radius 1 is 1.65 bits per heavy atom. The molecule has 0 spiro atoms. The van der Waals surface area contributed by atoms with Crippen LogP contribution in [0.2, 0.25) is 0 Å². The number of thiol groups is 1. The molecule has 1 aliphatic rings. The van der Waals surface area contributed by atoms with E-state index in [1.54, 1.807) is 23.2 Å². The van der Waals surface area contributed by atoms with E-state index in [1.165, 1.54) is 6.08 Å². The van der Waals surface area contributed by atoms with Crippen LogP contribution >= 0.6 is 12.6 Å². The first-order valence-corrected chi connectivity index (χ1v) is 5.73. The zero-order chi connectivity index (χ0) is 12.3. The number of aromatic nitrogens is 1. The molecule has 0 bridgehead atoms. The molecule has 5 heteroatoms. The fourth-order valence-electron chi connectivity index (χ4n) is 1.79.